The van der Waals surface area contributed by atoms with E-state index in [1.807, 2.05) is 29.6 Å². The predicted molar refractivity (Wildman–Crippen MR) is 65.9 cm³/mol. The average molecular weight is 251 g/mol. The third-order valence-corrected chi connectivity index (χ3v) is 2.73. The van der Waals surface area contributed by atoms with Crippen molar-refractivity contribution in [3.8, 4) is 17.0 Å². The first-order valence-corrected chi connectivity index (χ1v) is 6.01. The van der Waals surface area contributed by atoms with Crippen LogP contribution in [0.15, 0.2) is 29.6 Å². The molecule has 0 unspecified atom stereocenters. The number of hydrogen-bond acceptors (Lipinski definition) is 6. The van der Waals surface area contributed by atoms with E-state index in [-0.39, 0.29) is 13.2 Å². The molecular formula is C11H13N3O2S. The normalized spacial score (nSPS) is 12.4. The molecule has 0 bridgehead atoms. The lowest BCUT2D eigenvalue weighted by atomic mass is 10.2. The molecule has 0 radical (unpaired) electrons. The lowest BCUT2D eigenvalue weighted by Gasteiger charge is -2.10. The van der Waals surface area contributed by atoms with Crippen LogP contribution in [0.1, 0.15) is 0 Å². The van der Waals surface area contributed by atoms with Crippen molar-refractivity contribution in [2.75, 3.05) is 13.2 Å². The Morgan fingerprint density at radius 3 is 2.71 bits per heavy atom. The third-order valence-electron chi connectivity index (χ3n) is 2.22. The van der Waals surface area contributed by atoms with Crippen LogP contribution in [-0.4, -0.2) is 33.9 Å². The smallest absolute Gasteiger partial charge is 0.119 e. The summed E-state index contributed by atoms with van der Waals surface area (Å²) in [7, 11) is 0. The Morgan fingerprint density at radius 2 is 2.12 bits per heavy atom. The fourth-order valence-electron chi connectivity index (χ4n) is 1.27. The van der Waals surface area contributed by atoms with E-state index in [1.165, 1.54) is 11.5 Å². The van der Waals surface area contributed by atoms with Crippen LogP contribution in [-0.2, 0) is 0 Å². The Labute approximate surface area is 103 Å². The number of nitrogens with zero attached hydrogens (tertiary/aromatic N) is 2. The fraction of sp³-hybridized carbons (Fsp3) is 0.273. The maximum atomic E-state index is 9.26. The van der Waals surface area contributed by atoms with E-state index in [2.05, 4.69) is 9.59 Å². The highest BCUT2D eigenvalue weighted by molar-refractivity contribution is 7.03. The van der Waals surface area contributed by atoms with Crippen molar-refractivity contribution in [1.82, 2.24) is 9.59 Å². The molecule has 0 spiro atoms. The molecular weight excluding hydrogens is 238 g/mol. The van der Waals surface area contributed by atoms with Crippen LogP contribution >= 0.6 is 11.5 Å². The van der Waals surface area contributed by atoms with Crippen LogP contribution in [0.5, 0.6) is 5.75 Å². The molecule has 17 heavy (non-hydrogen) atoms. The van der Waals surface area contributed by atoms with E-state index in [0.29, 0.717) is 5.75 Å². The van der Waals surface area contributed by atoms with Gasteiger partial charge in [-0.15, -0.1) is 5.10 Å². The van der Waals surface area contributed by atoms with E-state index < -0.39 is 6.10 Å². The first-order chi connectivity index (χ1) is 8.29. The molecule has 5 nitrogen and oxygen atoms in total. The number of benzene rings is 1. The van der Waals surface area contributed by atoms with Crippen LogP contribution in [0.2, 0.25) is 0 Å². The van der Waals surface area contributed by atoms with Crippen molar-refractivity contribution in [3.05, 3.63) is 29.6 Å². The van der Waals surface area contributed by atoms with Gasteiger partial charge in [0.05, 0.1) is 0 Å². The maximum Gasteiger partial charge on any atom is 0.119 e. The van der Waals surface area contributed by atoms with Gasteiger partial charge < -0.3 is 15.6 Å². The van der Waals surface area contributed by atoms with E-state index in [9.17, 15) is 5.11 Å². The number of aromatic nitrogens is 2. The van der Waals surface area contributed by atoms with Crippen LogP contribution in [0, 0.1) is 0 Å². The van der Waals surface area contributed by atoms with Gasteiger partial charge in [-0.1, -0.05) is 4.49 Å². The van der Waals surface area contributed by atoms with Crippen molar-refractivity contribution in [2.24, 2.45) is 5.73 Å². The van der Waals surface area contributed by atoms with Crippen molar-refractivity contribution in [3.63, 3.8) is 0 Å². The SMILES string of the molecule is NC[C@@H](O)COc1ccc(-c2csnn2)cc1. The van der Waals surface area contributed by atoms with Gasteiger partial charge in [0.25, 0.3) is 0 Å². The molecule has 0 amide bonds. The van der Waals surface area contributed by atoms with Crippen molar-refractivity contribution < 1.29 is 9.84 Å². The zero-order valence-electron chi connectivity index (χ0n) is 9.11. The third kappa shape index (κ3) is 3.23. The molecule has 3 N–H and O–H groups in total. The van der Waals surface area contributed by atoms with Crippen LogP contribution in [0.4, 0.5) is 0 Å². The molecule has 0 saturated carbocycles. The highest BCUT2D eigenvalue weighted by Gasteiger charge is 2.04. The first-order valence-electron chi connectivity index (χ1n) is 5.18. The summed E-state index contributed by atoms with van der Waals surface area (Å²) in [6.45, 7) is 0.399. The Morgan fingerprint density at radius 1 is 1.35 bits per heavy atom. The zero-order valence-corrected chi connectivity index (χ0v) is 9.93. The summed E-state index contributed by atoms with van der Waals surface area (Å²) >= 11 is 1.32. The van der Waals surface area contributed by atoms with Crippen LogP contribution in [0.3, 0.4) is 0 Å². The summed E-state index contributed by atoms with van der Waals surface area (Å²) in [6, 6.07) is 7.47. The molecule has 2 aromatic rings. The topological polar surface area (TPSA) is 81.3 Å². The standard InChI is InChI=1S/C11H13N3O2S/c12-5-9(15)6-16-10-3-1-8(2-4-10)11-7-17-14-13-11/h1-4,7,9,15H,5-6,12H2/t9-/m1/s1. The molecule has 0 aliphatic heterocycles. The lowest BCUT2D eigenvalue weighted by Crippen LogP contribution is -2.26. The van der Waals surface area contributed by atoms with Crippen molar-refractivity contribution in [2.45, 2.75) is 6.10 Å². The van der Waals surface area contributed by atoms with Gasteiger partial charge in [0.15, 0.2) is 0 Å². The van der Waals surface area contributed by atoms with Crippen LogP contribution in [0.25, 0.3) is 11.3 Å². The average Bonchev–Trinajstić information content (AvgIpc) is 2.90. The molecule has 1 atom stereocenters. The molecule has 6 heteroatoms. The summed E-state index contributed by atoms with van der Waals surface area (Å²) in [5.41, 5.74) is 7.12. The maximum absolute atomic E-state index is 9.26. The monoisotopic (exact) mass is 251 g/mol. The minimum Gasteiger partial charge on any atom is -0.491 e. The molecule has 0 saturated heterocycles. The van der Waals surface area contributed by atoms with E-state index >= 15 is 0 Å². The molecule has 2 rings (SSSR count). The van der Waals surface area contributed by atoms with Gasteiger partial charge in [-0.2, -0.15) is 0 Å². The molecule has 1 heterocycles. The van der Waals surface area contributed by atoms with Crippen molar-refractivity contribution >= 4 is 11.5 Å². The summed E-state index contributed by atoms with van der Waals surface area (Å²) in [5, 5.41) is 15.1. The molecule has 1 aromatic carbocycles. The summed E-state index contributed by atoms with van der Waals surface area (Å²) in [6.07, 6.45) is -0.627. The first kappa shape index (κ1) is 12.0. The van der Waals surface area contributed by atoms with Gasteiger partial charge >= 0.3 is 0 Å². The Hall–Kier alpha value is -1.50. The fourth-order valence-corrected chi connectivity index (χ4v) is 1.74. The van der Waals surface area contributed by atoms with E-state index in [0.717, 1.165) is 11.3 Å². The molecule has 0 aliphatic carbocycles. The zero-order chi connectivity index (χ0) is 12.1. The number of aliphatic hydroxyl groups is 1. The number of hydrogen-bond donors (Lipinski definition) is 2. The second kappa shape index (κ2) is 5.72. The number of nitrogens with two attached hydrogens (primary N) is 1. The molecule has 0 aliphatic rings. The van der Waals surface area contributed by atoms with Gasteiger partial charge in [-0.25, -0.2) is 0 Å². The van der Waals surface area contributed by atoms with Gasteiger partial charge in [-0.05, 0) is 35.8 Å². The molecule has 90 valence electrons. The minimum atomic E-state index is -0.627. The minimum absolute atomic E-state index is 0.197. The largest absolute Gasteiger partial charge is 0.491 e. The van der Waals surface area contributed by atoms with Gasteiger partial charge in [0.1, 0.15) is 24.2 Å². The van der Waals surface area contributed by atoms with Gasteiger partial charge in [0, 0.05) is 17.5 Å². The van der Waals surface area contributed by atoms with E-state index in [4.69, 9.17) is 10.5 Å². The highest BCUT2D eigenvalue weighted by atomic mass is 32.1. The van der Waals surface area contributed by atoms with Gasteiger partial charge in [-0.3, -0.25) is 0 Å². The summed E-state index contributed by atoms with van der Waals surface area (Å²) in [4.78, 5) is 0. The van der Waals surface area contributed by atoms with Gasteiger partial charge in [0.2, 0.25) is 0 Å². The highest BCUT2D eigenvalue weighted by Crippen LogP contribution is 2.21. The second-order valence-corrected chi connectivity index (χ2v) is 4.12. The summed E-state index contributed by atoms with van der Waals surface area (Å²) in [5.74, 6) is 0.699. The Bertz CT molecular complexity index is 444. The lowest BCUT2D eigenvalue weighted by molar-refractivity contribution is 0.114. The quantitative estimate of drug-likeness (QED) is 0.825. The van der Waals surface area contributed by atoms with E-state index in [1.54, 1.807) is 0 Å². The van der Waals surface area contributed by atoms with Crippen LogP contribution < -0.4 is 10.5 Å². The number of rotatable bonds is 5. The second-order valence-electron chi connectivity index (χ2n) is 3.52. The Balaban J connectivity index is 1.99. The number of ether oxygens (including phenoxy) is 1. The molecule has 0 fully saturated rings. The number of aliphatic hydroxyl groups excluding tert-OH is 1. The molecule has 1 aromatic heterocycles. The Kier molecular flexibility index (Phi) is 4.03. The van der Waals surface area contributed by atoms with Crippen molar-refractivity contribution in [1.29, 1.82) is 0 Å². The summed E-state index contributed by atoms with van der Waals surface area (Å²) < 4.78 is 9.17. The predicted octanol–water partition coefficient (Wildman–Crippen LogP) is 0.903.